The first kappa shape index (κ1) is 23.8. The molecular formula is C22H28ClF3O2Si. The number of rotatable bonds is 7. The van der Waals surface area contributed by atoms with E-state index in [4.69, 9.17) is 20.8 Å². The molecule has 2 aromatic carbocycles. The summed E-state index contributed by atoms with van der Waals surface area (Å²) in [6.07, 6.45) is -4.53. The van der Waals surface area contributed by atoms with Crippen molar-refractivity contribution in [2.75, 3.05) is 6.61 Å². The molecule has 7 heteroatoms. The van der Waals surface area contributed by atoms with Crippen LogP contribution in [0.25, 0.3) is 0 Å². The van der Waals surface area contributed by atoms with Gasteiger partial charge in [-0.15, -0.1) is 0 Å². The van der Waals surface area contributed by atoms with E-state index in [-0.39, 0.29) is 5.04 Å². The Hall–Kier alpha value is -1.50. The predicted octanol–water partition coefficient (Wildman–Crippen LogP) is 7.89. The van der Waals surface area contributed by atoms with Crippen molar-refractivity contribution < 1.29 is 22.3 Å². The van der Waals surface area contributed by atoms with Gasteiger partial charge >= 0.3 is 6.18 Å². The topological polar surface area (TPSA) is 18.5 Å². The first-order valence-electron chi connectivity index (χ1n) is 9.53. The van der Waals surface area contributed by atoms with Crippen molar-refractivity contribution in [1.82, 2.24) is 0 Å². The molecule has 0 heterocycles. The summed E-state index contributed by atoms with van der Waals surface area (Å²) in [4.78, 5) is 0. The van der Waals surface area contributed by atoms with Crippen LogP contribution in [0, 0.1) is 0 Å². The molecule has 2 nitrogen and oxygen atoms in total. The van der Waals surface area contributed by atoms with Crippen LogP contribution in [-0.2, 0) is 10.6 Å². The minimum absolute atomic E-state index is 0.0513. The molecule has 2 aromatic rings. The minimum Gasteiger partial charge on any atom is -0.486 e. The van der Waals surface area contributed by atoms with Gasteiger partial charge in [-0.2, -0.15) is 13.2 Å². The summed E-state index contributed by atoms with van der Waals surface area (Å²) in [6.45, 7) is 11.1. The number of halogens is 4. The van der Waals surface area contributed by atoms with E-state index < -0.39 is 26.2 Å². The Balaban J connectivity index is 2.23. The zero-order valence-corrected chi connectivity index (χ0v) is 19.2. The molecule has 0 aliphatic heterocycles. The Morgan fingerprint density at radius 2 is 1.62 bits per heavy atom. The Bertz CT molecular complexity index is 799. The van der Waals surface area contributed by atoms with E-state index in [1.165, 1.54) is 6.07 Å². The third kappa shape index (κ3) is 6.76. The summed E-state index contributed by atoms with van der Waals surface area (Å²) in [6, 6.07) is 12.1. The lowest BCUT2D eigenvalue weighted by Gasteiger charge is -2.36. The van der Waals surface area contributed by atoms with Crippen LogP contribution >= 0.6 is 11.6 Å². The molecule has 0 aliphatic rings. The average molecular weight is 445 g/mol. The van der Waals surface area contributed by atoms with Gasteiger partial charge in [-0.1, -0.05) is 44.5 Å². The highest BCUT2D eigenvalue weighted by atomic mass is 35.5. The Kier molecular flexibility index (Phi) is 7.46. The molecule has 0 bridgehead atoms. The van der Waals surface area contributed by atoms with Crippen LogP contribution in [0.3, 0.4) is 0 Å². The molecule has 0 amide bonds. The van der Waals surface area contributed by atoms with Gasteiger partial charge in [0.2, 0.25) is 0 Å². The zero-order chi connectivity index (χ0) is 21.9. The molecule has 0 saturated carbocycles. The van der Waals surface area contributed by atoms with Crippen molar-refractivity contribution in [2.45, 2.75) is 57.6 Å². The van der Waals surface area contributed by atoms with Crippen LogP contribution in [0.4, 0.5) is 13.2 Å². The summed E-state index contributed by atoms with van der Waals surface area (Å²) < 4.78 is 51.8. The molecule has 0 saturated heterocycles. The van der Waals surface area contributed by atoms with Crippen LogP contribution < -0.4 is 4.74 Å². The maximum absolute atomic E-state index is 13.2. The molecule has 29 heavy (non-hydrogen) atoms. The van der Waals surface area contributed by atoms with Crippen molar-refractivity contribution in [2.24, 2.45) is 0 Å². The van der Waals surface area contributed by atoms with E-state index in [2.05, 4.69) is 33.9 Å². The van der Waals surface area contributed by atoms with Gasteiger partial charge in [0, 0.05) is 18.1 Å². The van der Waals surface area contributed by atoms with Crippen LogP contribution in [0.2, 0.25) is 23.2 Å². The van der Waals surface area contributed by atoms with E-state index in [1.54, 1.807) is 30.3 Å². The average Bonchev–Trinajstić information content (AvgIpc) is 2.61. The van der Waals surface area contributed by atoms with Crippen molar-refractivity contribution in [3.8, 4) is 5.75 Å². The molecule has 0 aliphatic carbocycles. The third-order valence-electron chi connectivity index (χ3n) is 5.33. The molecule has 0 N–H and O–H groups in total. The maximum Gasteiger partial charge on any atom is 0.416 e. The minimum atomic E-state index is -4.40. The first-order valence-corrected chi connectivity index (χ1v) is 12.8. The van der Waals surface area contributed by atoms with Crippen LogP contribution in [0.15, 0.2) is 48.5 Å². The Morgan fingerprint density at radius 1 is 1.00 bits per heavy atom. The monoisotopic (exact) mass is 444 g/mol. The fourth-order valence-corrected chi connectivity index (χ4v) is 3.71. The van der Waals surface area contributed by atoms with Crippen LogP contribution in [-0.4, -0.2) is 14.9 Å². The van der Waals surface area contributed by atoms with Crippen LogP contribution in [0.5, 0.6) is 5.75 Å². The number of ether oxygens (including phenoxy) is 1. The summed E-state index contributed by atoms with van der Waals surface area (Å²) >= 11 is 5.92. The zero-order valence-electron chi connectivity index (χ0n) is 17.4. The third-order valence-corrected chi connectivity index (χ3v) is 10.1. The smallest absolute Gasteiger partial charge is 0.416 e. The van der Waals surface area contributed by atoms with Gasteiger partial charge in [0.05, 0.1) is 5.56 Å². The van der Waals surface area contributed by atoms with Crippen LogP contribution in [0.1, 0.15) is 44.4 Å². The Morgan fingerprint density at radius 3 is 2.17 bits per heavy atom. The molecule has 2 rings (SSSR count). The lowest BCUT2D eigenvalue weighted by Crippen LogP contribution is -2.41. The molecule has 0 unspecified atom stereocenters. The summed E-state index contributed by atoms with van der Waals surface area (Å²) in [5.41, 5.74) is -0.223. The summed E-state index contributed by atoms with van der Waals surface area (Å²) in [7, 11) is -1.97. The highest BCUT2D eigenvalue weighted by molar-refractivity contribution is 6.74. The molecule has 1 atom stereocenters. The van der Waals surface area contributed by atoms with Gasteiger partial charge in [0.25, 0.3) is 0 Å². The maximum atomic E-state index is 13.2. The standard InChI is InChI=1S/C22H28ClF3O2Si/c1-21(2,3)29(4,5)27-14-13-20(28-19-11-9-18(23)10-12-19)16-7-6-8-17(15-16)22(24,25)26/h6-12,15,20H,13-14H2,1-5H3/t20-/m0/s1. The second-order valence-corrected chi connectivity index (χ2v) is 13.8. The van der Waals surface area contributed by atoms with Crippen molar-refractivity contribution >= 4 is 19.9 Å². The number of hydrogen-bond acceptors (Lipinski definition) is 2. The quantitative estimate of drug-likeness (QED) is 0.404. The molecule has 0 fully saturated rings. The van der Waals surface area contributed by atoms with E-state index >= 15 is 0 Å². The molecule has 0 radical (unpaired) electrons. The number of alkyl halides is 3. The summed E-state index contributed by atoms with van der Waals surface area (Å²) in [5, 5.41) is 0.615. The lowest BCUT2D eigenvalue weighted by atomic mass is 10.0. The number of hydrogen-bond donors (Lipinski definition) is 0. The summed E-state index contributed by atoms with van der Waals surface area (Å²) in [5.74, 6) is 0.545. The highest BCUT2D eigenvalue weighted by Crippen LogP contribution is 2.37. The van der Waals surface area contributed by atoms with Gasteiger partial charge in [-0.05, 0) is 60.1 Å². The van der Waals surface area contributed by atoms with E-state index in [1.807, 2.05) is 0 Å². The second kappa shape index (κ2) is 9.10. The molecule has 0 spiro atoms. The fraction of sp³-hybridized carbons (Fsp3) is 0.455. The van der Waals surface area contributed by atoms with Gasteiger partial charge in [0.15, 0.2) is 8.32 Å². The van der Waals surface area contributed by atoms with Gasteiger partial charge < -0.3 is 9.16 Å². The highest BCUT2D eigenvalue weighted by Gasteiger charge is 2.37. The number of benzene rings is 2. The SMILES string of the molecule is CC(C)(C)[Si](C)(C)OCC[C@H](Oc1ccc(Cl)cc1)c1cccc(C(F)(F)F)c1. The van der Waals surface area contributed by atoms with Crippen molar-refractivity contribution in [3.63, 3.8) is 0 Å². The largest absolute Gasteiger partial charge is 0.486 e. The van der Waals surface area contributed by atoms with E-state index in [9.17, 15) is 13.2 Å². The molecule has 0 aromatic heterocycles. The van der Waals surface area contributed by atoms with Gasteiger partial charge in [-0.3, -0.25) is 0 Å². The van der Waals surface area contributed by atoms with Crippen molar-refractivity contribution in [3.05, 3.63) is 64.7 Å². The molecule has 160 valence electrons. The van der Waals surface area contributed by atoms with Gasteiger partial charge in [-0.25, -0.2) is 0 Å². The second-order valence-electron chi connectivity index (χ2n) is 8.58. The van der Waals surface area contributed by atoms with Gasteiger partial charge in [0.1, 0.15) is 11.9 Å². The molecular weight excluding hydrogens is 417 g/mol. The first-order chi connectivity index (χ1) is 13.3. The van der Waals surface area contributed by atoms with E-state index in [0.717, 1.165) is 12.1 Å². The van der Waals surface area contributed by atoms with E-state index in [0.29, 0.717) is 29.4 Å². The fourth-order valence-electron chi connectivity index (χ4n) is 2.52. The lowest BCUT2D eigenvalue weighted by molar-refractivity contribution is -0.137. The predicted molar refractivity (Wildman–Crippen MR) is 114 cm³/mol. The normalized spacial score (nSPS) is 14.0. The van der Waals surface area contributed by atoms with Crippen molar-refractivity contribution in [1.29, 1.82) is 0 Å². The Labute approximate surface area is 177 Å².